The molecular weight excluding hydrogens is 476 g/mol. The predicted molar refractivity (Wildman–Crippen MR) is 137 cm³/mol. The van der Waals surface area contributed by atoms with E-state index >= 15 is 0 Å². The summed E-state index contributed by atoms with van der Waals surface area (Å²) in [4.78, 5) is 45.0. The number of amides is 3. The van der Waals surface area contributed by atoms with Crippen molar-refractivity contribution in [2.75, 3.05) is 60.1 Å². The van der Waals surface area contributed by atoms with Crippen molar-refractivity contribution in [1.82, 2.24) is 20.0 Å². The van der Waals surface area contributed by atoms with Crippen LogP contribution in [-0.4, -0.2) is 92.7 Å². The molecule has 10 nitrogen and oxygen atoms in total. The number of likely N-dealkylation sites (N-methyl/N-ethyl adjacent to an activating group) is 1. The van der Waals surface area contributed by atoms with Gasteiger partial charge >= 0.3 is 12.0 Å². The van der Waals surface area contributed by atoms with E-state index in [1.54, 1.807) is 38.2 Å². The van der Waals surface area contributed by atoms with E-state index in [0.717, 1.165) is 19.3 Å². The minimum Gasteiger partial charge on any atom is -0.493 e. The molecule has 1 N–H and O–H groups in total. The summed E-state index contributed by atoms with van der Waals surface area (Å²) in [6, 6.07) is 4.37. The van der Waals surface area contributed by atoms with Crippen molar-refractivity contribution in [3.05, 3.63) is 35.0 Å². The number of ether oxygens (including phenoxy) is 3. The SMILES string of the molecule is CCOC(=O)C1=C(CN2CCN(C(=O)C3CCC3)CC2)N(CC)C(=O)N[C@H]1c1ccc(OC)c(OC)c1. The topological polar surface area (TPSA) is 101 Å². The van der Waals surface area contributed by atoms with E-state index in [2.05, 4.69) is 10.2 Å². The Kier molecular flexibility index (Phi) is 8.58. The fourth-order valence-corrected chi connectivity index (χ4v) is 5.19. The maximum atomic E-state index is 13.4. The molecule has 0 unspecified atom stereocenters. The summed E-state index contributed by atoms with van der Waals surface area (Å²) in [7, 11) is 3.10. The molecule has 4 rings (SSSR count). The van der Waals surface area contributed by atoms with E-state index in [1.165, 1.54) is 0 Å². The second kappa shape index (κ2) is 11.9. The molecular formula is C27H38N4O6. The molecule has 0 bridgehead atoms. The first-order valence-corrected chi connectivity index (χ1v) is 13.1. The summed E-state index contributed by atoms with van der Waals surface area (Å²) in [5, 5.41) is 2.99. The van der Waals surface area contributed by atoms with Gasteiger partial charge in [-0.05, 0) is 44.4 Å². The number of hydrogen-bond donors (Lipinski definition) is 1. The lowest BCUT2D eigenvalue weighted by Gasteiger charge is -2.41. The van der Waals surface area contributed by atoms with Gasteiger partial charge < -0.3 is 24.4 Å². The van der Waals surface area contributed by atoms with E-state index in [1.807, 2.05) is 17.9 Å². The van der Waals surface area contributed by atoms with Gasteiger partial charge in [0.1, 0.15) is 0 Å². The average Bonchev–Trinajstić information content (AvgIpc) is 2.87. The van der Waals surface area contributed by atoms with Crippen LogP contribution >= 0.6 is 0 Å². The van der Waals surface area contributed by atoms with Crippen LogP contribution in [0, 0.1) is 5.92 Å². The molecule has 2 fully saturated rings. The summed E-state index contributed by atoms with van der Waals surface area (Å²) in [6.45, 7) is 7.33. The minimum absolute atomic E-state index is 0.185. The summed E-state index contributed by atoms with van der Waals surface area (Å²) in [5.74, 6) is 1.04. The Morgan fingerprint density at radius 1 is 1.03 bits per heavy atom. The number of nitrogens with one attached hydrogen (secondary N) is 1. The lowest BCUT2D eigenvalue weighted by atomic mass is 9.84. The van der Waals surface area contributed by atoms with Crippen molar-refractivity contribution in [2.24, 2.45) is 5.92 Å². The van der Waals surface area contributed by atoms with Crippen molar-refractivity contribution in [3.8, 4) is 11.5 Å². The first-order valence-electron chi connectivity index (χ1n) is 13.1. The van der Waals surface area contributed by atoms with Gasteiger partial charge in [0.25, 0.3) is 0 Å². The first-order chi connectivity index (χ1) is 17.9. The highest BCUT2D eigenvalue weighted by atomic mass is 16.5. The number of rotatable bonds is 9. The third-order valence-electron chi connectivity index (χ3n) is 7.50. The Morgan fingerprint density at radius 2 is 1.73 bits per heavy atom. The number of urea groups is 1. The summed E-state index contributed by atoms with van der Waals surface area (Å²) in [5.41, 5.74) is 1.73. The van der Waals surface area contributed by atoms with Gasteiger partial charge in [-0.2, -0.15) is 0 Å². The number of piperazine rings is 1. The highest BCUT2D eigenvalue weighted by Crippen LogP contribution is 2.36. The highest BCUT2D eigenvalue weighted by molar-refractivity contribution is 5.95. The zero-order valence-corrected chi connectivity index (χ0v) is 22.2. The van der Waals surface area contributed by atoms with Crippen molar-refractivity contribution in [3.63, 3.8) is 0 Å². The molecule has 2 heterocycles. The van der Waals surface area contributed by atoms with Gasteiger partial charge in [0, 0.05) is 50.9 Å². The second-order valence-electron chi connectivity index (χ2n) is 9.55. The number of esters is 1. The zero-order valence-electron chi connectivity index (χ0n) is 22.2. The van der Waals surface area contributed by atoms with Crippen LogP contribution in [0.4, 0.5) is 4.79 Å². The number of hydrogen-bond acceptors (Lipinski definition) is 7. The van der Waals surface area contributed by atoms with Crippen LogP contribution in [-0.2, 0) is 14.3 Å². The third kappa shape index (κ3) is 5.53. The van der Waals surface area contributed by atoms with Crippen LogP contribution < -0.4 is 14.8 Å². The van der Waals surface area contributed by atoms with Crippen molar-refractivity contribution >= 4 is 17.9 Å². The van der Waals surface area contributed by atoms with Crippen molar-refractivity contribution in [1.29, 1.82) is 0 Å². The summed E-state index contributed by atoms with van der Waals surface area (Å²) in [6.07, 6.45) is 3.12. The zero-order chi connectivity index (χ0) is 26.5. The Balaban J connectivity index is 1.64. The molecule has 37 heavy (non-hydrogen) atoms. The number of carbonyl (C=O) groups is 3. The second-order valence-corrected chi connectivity index (χ2v) is 9.55. The van der Waals surface area contributed by atoms with Gasteiger partial charge in [-0.1, -0.05) is 12.5 Å². The van der Waals surface area contributed by atoms with Crippen molar-refractivity contribution in [2.45, 2.75) is 39.2 Å². The molecule has 1 aromatic carbocycles. The molecule has 0 aromatic heterocycles. The van der Waals surface area contributed by atoms with E-state index in [-0.39, 0.29) is 24.5 Å². The molecule has 1 aromatic rings. The van der Waals surface area contributed by atoms with E-state index in [4.69, 9.17) is 14.2 Å². The molecule has 3 aliphatic rings. The Hall–Kier alpha value is -3.27. The lowest BCUT2D eigenvalue weighted by Crippen LogP contribution is -2.54. The Morgan fingerprint density at radius 3 is 2.30 bits per heavy atom. The van der Waals surface area contributed by atoms with Crippen LogP contribution in [0.5, 0.6) is 11.5 Å². The quantitative estimate of drug-likeness (QED) is 0.506. The third-order valence-corrected chi connectivity index (χ3v) is 7.50. The van der Waals surface area contributed by atoms with Gasteiger partial charge in [0.05, 0.1) is 32.4 Å². The Labute approximate surface area is 218 Å². The van der Waals surface area contributed by atoms with Crippen LogP contribution in [0.15, 0.2) is 29.5 Å². The molecule has 1 aliphatic carbocycles. The number of methoxy groups -OCH3 is 2. The maximum absolute atomic E-state index is 13.4. The average molecular weight is 515 g/mol. The largest absolute Gasteiger partial charge is 0.493 e. The standard InChI is InChI=1S/C27H38N4O6/c1-5-31-20(17-29-12-14-30(15-13-29)25(32)18-8-7-9-18)23(26(33)37-6-2)24(28-27(31)34)19-10-11-21(35-3)22(16-19)36-4/h10-11,16,18,24H,5-9,12-15,17H2,1-4H3,(H,28,34)/t24-/m0/s1. The van der Waals surface area contributed by atoms with Crippen LogP contribution in [0.2, 0.25) is 0 Å². The maximum Gasteiger partial charge on any atom is 0.338 e. The molecule has 0 spiro atoms. The number of benzene rings is 1. The van der Waals surface area contributed by atoms with Gasteiger partial charge in [-0.25, -0.2) is 9.59 Å². The molecule has 2 aliphatic heterocycles. The Bertz CT molecular complexity index is 1050. The number of nitrogens with zero attached hydrogens (tertiary/aromatic N) is 3. The molecule has 202 valence electrons. The van der Waals surface area contributed by atoms with Crippen molar-refractivity contribution < 1.29 is 28.6 Å². The predicted octanol–water partition coefficient (Wildman–Crippen LogP) is 2.55. The van der Waals surface area contributed by atoms with Gasteiger partial charge in [0.2, 0.25) is 5.91 Å². The highest BCUT2D eigenvalue weighted by Gasteiger charge is 2.39. The van der Waals surface area contributed by atoms with Gasteiger partial charge in [-0.3, -0.25) is 14.6 Å². The summed E-state index contributed by atoms with van der Waals surface area (Å²) < 4.78 is 16.3. The molecule has 3 amide bonds. The number of carbonyl (C=O) groups excluding carboxylic acids is 3. The van der Waals surface area contributed by atoms with Crippen LogP contribution in [0.1, 0.15) is 44.7 Å². The lowest BCUT2D eigenvalue weighted by molar-refractivity contribution is -0.140. The van der Waals surface area contributed by atoms with Crippen LogP contribution in [0.3, 0.4) is 0 Å². The van der Waals surface area contributed by atoms with E-state index < -0.39 is 12.0 Å². The molecule has 10 heteroatoms. The molecule has 0 radical (unpaired) electrons. The molecule has 1 atom stereocenters. The van der Waals surface area contributed by atoms with Gasteiger partial charge in [0.15, 0.2) is 11.5 Å². The fraction of sp³-hybridized carbons (Fsp3) is 0.593. The first kappa shape index (κ1) is 26.8. The van der Waals surface area contributed by atoms with Crippen LogP contribution in [0.25, 0.3) is 0 Å². The smallest absolute Gasteiger partial charge is 0.338 e. The molecule has 1 saturated carbocycles. The summed E-state index contributed by atoms with van der Waals surface area (Å²) >= 11 is 0. The van der Waals surface area contributed by atoms with E-state index in [0.29, 0.717) is 67.6 Å². The van der Waals surface area contributed by atoms with Gasteiger partial charge in [-0.15, -0.1) is 0 Å². The van der Waals surface area contributed by atoms with E-state index in [9.17, 15) is 14.4 Å². The minimum atomic E-state index is -0.703. The monoisotopic (exact) mass is 514 g/mol. The molecule has 1 saturated heterocycles. The fourth-order valence-electron chi connectivity index (χ4n) is 5.19. The normalized spacial score (nSPS) is 20.9.